The molecule has 1 atom stereocenters. The van der Waals surface area contributed by atoms with Crippen LogP contribution in [0, 0.1) is 0 Å². The molecule has 6 heteroatoms. The van der Waals surface area contributed by atoms with Crippen LogP contribution in [0.15, 0.2) is 0 Å². The van der Waals surface area contributed by atoms with Gasteiger partial charge >= 0.3 is 0 Å². The third-order valence-electron chi connectivity index (χ3n) is 0.454. The quantitative estimate of drug-likeness (QED) is 0.446. The van der Waals surface area contributed by atoms with Gasteiger partial charge in [0.15, 0.2) is 0 Å². The van der Waals surface area contributed by atoms with Gasteiger partial charge in [0.2, 0.25) is 0 Å². The predicted octanol–water partition coefficient (Wildman–Crippen LogP) is 0.000600. The van der Waals surface area contributed by atoms with Crippen molar-refractivity contribution in [2.75, 3.05) is 14.2 Å². The minimum absolute atomic E-state index is 1.31. The molecule has 0 aromatic carbocycles. The number of hydrogen-bond donors (Lipinski definition) is 2. The molecule has 0 saturated carbocycles. The lowest BCUT2D eigenvalue weighted by molar-refractivity contribution is 0.134. The normalized spacial score (nSPS) is 17.9. The lowest BCUT2D eigenvalue weighted by Crippen LogP contribution is -2.07. The van der Waals surface area contributed by atoms with Gasteiger partial charge in [-0.25, -0.2) is 0 Å². The van der Waals surface area contributed by atoms with E-state index in [0.717, 1.165) is 0 Å². The third-order valence-corrected chi connectivity index (χ3v) is 2.03. The third kappa shape index (κ3) is 3.49. The molecule has 0 aromatic rings. The topological polar surface area (TPSA) is 50.7 Å². The maximum absolute atomic E-state index is 8.79. The minimum Gasteiger partial charge on any atom is -0.332 e. The Morgan fingerprint density at radius 3 is 2.25 bits per heavy atom. The molecule has 0 aliphatic rings. The van der Waals surface area contributed by atoms with E-state index in [2.05, 4.69) is 26.4 Å². The monoisotopic (exact) mass is 157 g/mol. The molecule has 0 fully saturated rings. The summed E-state index contributed by atoms with van der Waals surface area (Å²) in [6.07, 6.45) is 0. The van der Waals surface area contributed by atoms with Gasteiger partial charge in [-0.05, 0) is 11.8 Å². The first-order valence-corrected chi connectivity index (χ1v) is 4.48. The molecule has 8 heavy (non-hydrogen) atoms. The first-order chi connectivity index (χ1) is 3.62. The van der Waals surface area contributed by atoms with Gasteiger partial charge in [0.05, 0.1) is 7.11 Å². The summed E-state index contributed by atoms with van der Waals surface area (Å²) in [5, 5.41) is 2.13. The molecular weight excluding hydrogens is 149 g/mol. The van der Waals surface area contributed by atoms with E-state index in [-0.39, 0.29) is 0 Å². The second kappa shape index (κ2) is 3.50. The summed E-state index contributed by atoms with van der Waals surface area (Å²) < 4.78 is 4.42. The Morgan fingerprint density at radius 1 is 1.62 bits per heavy atom. The van der Waals surface area contributed by atoms with Crippen LogP contribution in [0.5, 0.6) is 0 Å². The highest BCUT2D eigenvalue weighted by Gasteiger charge is 2.07. The Balaban J connectivity index is 3.55. The minimum atomic E-state index is -2.81. The Morgan fingerprint density at radius 2 is 2.12 bits per heavy atom. The summed E-state index contributed by atoms with van der Waals surface area (Å²) >= 11 is 4.45. The van der Waals surface area contributed by atoms with E-state index < -0.39 is 6.64 Å². The molecule has 0 saturated heterocycles. The highest BCUT2D eigenvalue weighted by molar-refractivity contribution is 8.08. The fourth-order valence-electron chi connectivity index (χ4n) is 0.153. The molecule has 0 aliphatic heterocycles. The fourth-order valence-corrected chi connectivity index (χ4v) is 0.681. The van der Waals surface area contributed by atoms with Gasteiger partial charge in [0.1, 0.15) is 0 Å². The van der Waals surface area contributed by atoms with E-state index in [1.165, 1.54) is 14.2 Å². The SMILES string of the molecule is CONP(O)(=S)OC. The van der Waals surface area contributed by atoms with Crippen molar-refractivity contribution in [3.05, 3.63) is 0 Å². The van der Waals surface area contributed by atoms with Gasteiger partial charge in [-0.3, -0.25) is 4.84 Å². The van der Waals surface area contributed by atoms with E-state index in [1.807, 2.05) is 0 Å². The lowest BCUT2D eigenvalue weighted by atomic mass is 11.7. The summed E-state index contributed by atoms with van der Waals surface area (Å²) in [6.45, 7) is -2.81. The molecular formula is C2H8NO3PS. The van der Waals surface area contributed by atoms with Gasteiger partial charge in [0, 0.05) is 7.11 Å². The zero-order chi connectivity index (χ0) is 6.62. The Bertz CT molecular complexity index is 107. The molecule has 0 heterocycles. The highest BCUT2D eigenvalue weighted by atomic mass is 32.5. The maximum atomic E-state index is 8.79. The average molecular weight is 157 g/mol. The summed E-state index contributed by atoms with van der Waals surface area (Å²) in [4.78, 5) is 13.1. The first-order valence-electron chi connectivity index (χ1n) is 1.81. The van der Waals surface area contributed by atoms with Crippen molar-refractivity contribution in [2.45, 2.75) is 0 Å². The van der Waals surface area contributed by atoms with E-state index >= 15 is 0 Å². The van der Waals surface area contributed by atoms with Crippen LogP contribution < -0.4 is 5.25 Å². The van der Waals surface area contributed by atoms with Crippen LogP contribution in [-0.4, -0.2) is 19.1 Å². The summed E-state index contributed by atoms with van der Waals surface area (Å²) in [5.74, 6) is 0. The van der Waals surface area contributed by atoms with E-state index in [1.54, 1.807) is 0 Å². The van der Waals surface area contributed by atoms with Crippen LogP contribution in [0.4, 0.5) is 0 Å². The van der Waals surface area contributed by atoms with Crippen molar-refractivity contribution in [1.82, 2.24) is 5.25 Å². The van der Waals surface area contributed by atoms with Gasteiger partial charge in [-0.15, -0.1) is 5.25 Å². The number of hydrogen-bond acceptors (Lipinski definition) is 3. The van der Waals surface area contributed by atoms with E-state index in [4.69, 9.17) is 4.89 Å². The van der Waals surface area contributed by atoms with Crippen molar-refractivity contribution < 1.29 is 14.3 Å². The maximum Gasteiger partial charge on any atom is 0.281 e. The van der Waals surface area contributed by atoms with Crippen LogP contribution in [0.2, 0.25) is 0 Å². The second-order valence-corrected chi connectivity index (χ2v) is 4.07. The molecule has 0 amide bonds. The Labute approximate surface area is 53.0 Å². The van der Waals surface area contributed by atoms with Gasteiger partial charge in [0.25, 0.3) is 6.64 Å². The lowest BCUT2D eigenvalue weighted by Gasteiger charge is -2.10. The van der Waals surface area contributed by atoms with Crippen molar-refractivity contribution in [2.24, 2.45) is 0 Å². The second-order valence-electron chi connectivity index (χ2n) is 0.998. The summed E-state index contributed by atoms with van der Waals surface area (Å²) in [6, 6.07) is 0. The molecule has 0 aliphatic carbocycles. The summed E-state index contributed by atoms with van der Waals surface area (Å²) in [5.41, 5.74) is 0. The largest absolute Gasteiger partial charge is 0.332 e. The van der Waals surface area contributed by atoms with Crippen LogP contribution in [0.25, 0.3) is 0 Å². The van der Waals surface area contributed by atoms with Crippen molar-refractivity contribution in [1.29, 1.82) is 0 Å². The molecule has 4 nitrogen and oxygen atoms in total. The van der Waals surface area contributed by atoms with Crippen LogP contribution in [0.1, 0.15) is 0 Å². The van der Waals surface area contributed by atoms with E-state index in [0.29, 0.717) is 0 Å². The summed E-state index contributed by atoms with van der Waals surface area (Å²) in [7, 11) is 2.67. The fraction of sp³-hybridized carbons (Fsp3) is 1.00. The molecule has 0 radical (unpaired) electrons. The molecule has 0 rings (SSSR count). The zero-order valence-corrected chi connectivity index (χ0v) is 6.33. The molecule has 1 unspecified atom stereocenters. The Kier molecular flexibility index (Phi) is 3.72. The molecule has 0 bridgehead atoms. The predicted molar refractivity (Wildman–Crippen MR) is 33.7 cm³/mol. The highest BCUT2D eigenvalue weighted by Crippen LogP contribution is 2.34. The first kappa shape index (κ1) is 8.49. The van der Waals surface area contributed by atoms with Crippen LogP contribution in [0.3, 0.4) is 0 Å². The zero-order valence-electron chi connectivity index (χ0n) is 4.62. The van der Waals surface area contributed by atoms with Crippen LogP contribution in [-0.2, 0) is 21.2 Å². The van der Waals surface area contributed by atoms with Gasteiger partial charge in [-0.2, -0.15) is 0 Å². The van der Waals surface area contributed by atoms with Crippen molar-refractivity contribution in [3.63, 3.8) is 0 Å². The van der Waals surface area contributed by atoms with Crippen molar-refractivity contribution in [3.8, 4) is 0 Å². The molecule has 0 aromatic heterocycles. The van der Waals surface area contributed by atoms with Crippen LogP contribution >= 0.6 is 6.64 Å². The van der Waals surface area contributed by atoms with Crippen molar-refractivity contribution >= 4 is 18.4 Å². The number of nitrogens with one attached hydrogen (secondary N) is 1. The van der Waals surface area contributed by atoms with Gasteiger partial charge in [-0.1, -0.05) is 0 Å². The number of rotatable bonds is 3. The smallest absolute Gasteiger partial charge is 0.281 e. The standard InChI is InChI=1S/C2H8NO3PS/c1-5-3-7(4,8)6-2/h1-2H3,(H2,3,4,8). The Hall–Kier alpha value is 0.490. The molecule has 50 valence electrons. The molecule has 0 spiro atoms. The van der Waals surface area contributed by atoms with E-state index in [9.17, 15) is 0 Å². The van der Waals surface area contributed by atoms with Gasteiger partial charge < -0.3 is 9.42 Å². The average Bonchev–Trinajstić information content (AvgIpc) is 1.67. The molecule has 2 N–H and O–H groups in total.